The van der Waals surface area contributed by atoms with E-state index in [0.29, 0.717) is 0 Å². The highest BCUT2D eigenvalue weighted by atomic mass is 15.3. The zero-order valence-corrected chi connectivity index (χ0v) is 13.1. The van der Waals surface area contributed by atoms with E-state index in [1.54, 1.807) is 6.20 Å². The molecule has 22 heavy (non-hydrogen) atoms. The molecule has 0 bridgehead atoms. The lowest BCUT2D eigenvalue weighted by molar-refractivity contribution is 0.522. The average molecular weight is 296 g/mol. The third-order valence-corrected chi connectivity index (χ3v) is 3.84. The fourth-order valence-corrected chi connectivity index (χ4v) is 2.72. The van der Waals surface area contributed by atoms with Gasteiger partial charge in [0.25, 0.3) is 0 Å². The van der Waals surface area contributed by atoms with Crippen LogP contribution in [0.2, 0.25) is 0 Å². The standard InChI is InChI=1S/C16H20N6/c1-4-13(14-7-9-19-21(14)3)22-11-10-18-16(22)12-6-8-17-15(5-2)20-12/h6-11,13H,4-5H2,1-3H3. The first kappa shape index (κ1) is 14.4. The molecule has 0 N–H and O–H groups in total. The van der Waals surface area contributed by atoms with E-state index in [1.165, 1.54) is 0 Å². The third-order valence-electron chi connectivity index (χ3n) is 3.84. The highest BCUT2D eigenvalue weighted by Crippen LogP contribution is 2.26. The smallest absolute Gasteiger partial charge is 0.159 e. The predicted octanol–water partition coefficient (Wildman–Crippen LogP) is 2.64. The molecule has 0 aliphatic heterocycles. The van der Waals surface area contributed by atoms with Crippen molar-refractivity contribution in [2.24, 2.45) is 7.05 Å². The van der Waals surface area contributed by atoms with Gasteiger partial charge >= 0.3 is 0 Å². The average Bonchev–Trinajstić information content (AvgIpc) is 3.19. The summed E-state index contributed by atoms with van der Waals surface area (Å²) in [5, 5.41) is 4.28. The number of rotatable bonds is 5. The van der Waals surface area contributed by atoms with E-state index in [0.717, 1.165) is 35.9 Å². The molecule has 0 fully saturated rings. The minimum absolute atomic E-state index is 0.185. The van der Waals surface area contributed by atoms with E-state index in [4.69, 9.17) is 0 Å². The van der Waals surface area contributed by atoms with Crippen LogP contribution in [0.4, 0.5) is 0 Å². The molecule has 3 aromatic rings. The molecule has 1 atom stereocenters. The van der Waals surface area contributed by atoms with Crippen LogP contribution in [0.25, 0.3) is 11.5 Å². The Bertz CT molecular complexity index is 757. The van der Waals surface area contributed by atoms with Crippen molar-refractivity contribution in [2.75, 3.05) is 0 Å². The molecule has 0 aliphatic rings. The van der Waals surface area contributed by atoms with Crippen LogP contribution < -0.4 is 0 Å². The summed E-state index contributed by atoms with van der Waals surface area (Å²) in [4.78, 5) is 13.4. The first-order chi connectivity index (χ1) is 10.7. The fraction of sp³-hybridized carbons (Fsp3) is 0.375. The molecule has 1 unspecified atom stereocenters. The summed E-state index contributed by atoms with van der Waals surface area (Å²) in [5.41, 5.74) is 2.02. The van der Waals surface area contributed by atoms with Gasteiger partial charge in [-0.3, -0.25) is 4.68 Å². The van der Waals surface area contributed by atoms with Crippen LogP contribution in [0.15, 0.2) is 36.9 Å². The van der Waals surface area contributed by atoms with Gasteiger partial charge in [-0.05, 0) is 18.6 Å². The number of imidazole rings is 1. The Morgan fingerprint density at radius 1 is 1.09 bits per heavy atom. The van der Waals surface area contributed by atoms with Crippen molar-refractivity contribution >= 4 is 0 Å². The SMILES string of the molecule is CCc1nccc(-c2nccn2C(CC)c2ccnn2C)n1. The van der Waals surface area contributed by atoms with Gasteiger partial charge in [-0.25, -0.2) is 15.0 Å². The Hall–Kier alpha value is -2.50. The van der Waals surface area contributed by atoms with Crippen molar-refractivity contribution in [1.82, 2.24) is 29.3 Å². The minimum Gasteiger partial charge on any atom is -0.321 e. The lowest BCUT2D eigenvalue weighted by Crippen LogP contribution is -2.14. The van der Waals surface area contributed by atoms with Gasteiger partial charge in [-0.1, -0.05) is 13.8 Å². The number of aromatic nitrogens is 6. The van der Waals surface area contributed by atoms with Gasteiger partial charge in [-0.2, -0.15) is 5.10 Å². The van der Waals surface area contributed by atoms with E-state index in [2.05, 4.69) is 44.5 Å². The highest BCUT2D eigenvalue weighted by molar-refractivity contribution is 5.49. The van der Waals surface area contributed by atoms with Gasteiger partial charge in [0.2, 0.25) is 0 Å². The van der Waals surface area contributed by atoms with Crippen molar-refractivity contribution in [3.8, 4) is 11.5 Å². The van der Waals surface area contributed by atoms with E-state index in [-0.39, 0.29) is 6.04 Å². The van der Waals surface area contributed by atoms with Crippen molar-refractivity contribution in [2.45, 2.75) is 32.7 Å². The Morgan fingerprint density at radius 3 is 2.64 bits per heavy atom. The Balaban J connectivity index is 2.06. The van der Waals surface area contributed by atoms with E-state index >= 15 is 0 Å². The van der Waals surface area contributed by atoms with Gasteiger partial charge < -0.3 is 4.57 Å². The summed E-state index contributed by atoms with van der Waals surface area (Å²) in [6.45, 7) is 4.22. The molecule has 0 saturated heterocycles. The first-order valence-corrected chi connectivity index (χ1v) is 7.57. The maximum absolute atomic E-state index is 4.60. The Kier molecular flexibility index (Phi) is 4.00. The van der Waals surface area contributed by atoms with Crippen molar-refractivity contribution in [3.05, 3.63) is 48.4 Å². The largest absolute Gasteiger partial charge is 0.321 e. The lowest BCUT2D eigenvalue weighted by atomic mass is 10.1. The van der Waals surface area contributed by atoms with Gasteiger partial charge in [0.15, 0.2) is 5.82 Å². The molecule has 0 aromatic carbocycles. The summed E-state index contributed by atoms with van der Waals surface area (Å²) in [6.07, 6.45) is 9.22. The van der Waals surface area contributed by atoms with E-state index in [1.807, 2.05) is 36.4 Å². The van der Waals surface area contributed by atoms with Crippen LogP contribution in [0.3, 0.4) is 0 Å². The molecule has 0 aliphatic carbocycles. The van der Waals surface area contributed by atoms with Gasteiger partial charge in [-0.15, -0.1) is 0 Å². The second-order valence-corrected chi connectivity index (χ2v) is 5.17. The molecule has 114 valence electrons. The molecular formula is C16H20N6. The summed E-state index contributed by atoms with van der Waals surface area (Å²) in [5.74, 6) is 1.70. The molecule has 3 aromatic heterocycles. The monoisotopic (exact) mass is 296 g/mol. The van der Waals surface area contributed by atoms with Crippen LogP contribution in [-0.2, 0) is 13.5 Å². The topological polar surface area (TPSA) is 61.4 Å². The normalized spacial score (nSPS) is 12.5. The maximum Gasteiger partial charge on any atom is 0.159 e. The van der Waals surface area contributed by atoms with Crippen molar-refractivity contribution < 1.29 is 0 Å². The van der Waals surface area contributed by atoms with Gasteiger partial charge in [0, 0.05) is 38.3 Å². The number of nitrogens with zero attached hydrogens (tertiary/aromatic N) is 6. The zero-order chi connectivity index (χ0) is 15.5. The van der Waals surface area contributed by atoms with Crippen LogP contribution in [0.1, 0.15) is 37.8 Å². The van der Waals surface area contributed by atoms with Crippen LogP contribution in [0.5, 0.6) is 0 Å². The van der Waals surface area contributed by atoms with Crippen LogP contribution >= 0.6 is 0 Å². The highest BCUT2D eigenvalue weighted by Gasteiger charge is 2.19. The molecule has 6 heteroatoms. The van der Waals surface area contributed by atoms with E-state index < -0.39 is 0 Å². The van der Waals surface area contributed by atoms with Crippen LogP contribution in [-0.4, -0.2) is 29.3 Å². The second kappa shape index (κ2) is 6.09. The lowest BCUT2D eigenvalue weighted by Gasteiger charge is -2.19. The van der Waals surface area contributed by atoms with Gasteiger partial charge in [0.05, 0.1) is 11.7 Å². The third kappa shape index (κ3) is 2.52. The molecule has 0 spiro atoms. The Morgan fingerprint density at radius 2 is 1.95 bits per heavy atom. The summed E-state index contributed by atoms with van der Waals surface area (Å²) in [7, 11) is 1.97. The molecule has 0 amide bonds. The molecule has 0 saturated carbocycles. The number of hydrogen-bond donors (Lipinski definition) is 0. The quantitative estimate of drug-likeness (QED) is 0.726. The number of aryl methyl sites for hydroxylation is 2. The maximum atomic E-state index is 4.60. The van der Waals surface area contributed by atoms with Gasteiger partial charge in [0.1, 0.15) is 11.5 Å². The second-order valence-electron chi connectivity index (χ2n) is 5.17. The Labute approximate surface area is 129 Å². The summed E-state index contributed by atoms with van der Waals surface area (Å²) >= 11 is 0. The molecule has 3 rings (SSSR count). The van der Waals surface area contributed by atoms with E-state index in [9.17, 15) is 0 Å². The molecule has 6 nitrogen and oxygen atoms in total. The van der Waals surface area contributed by atoms with Crippen molar-refractivity contribution in [3.63, 3.8) is 0 Å². The van der Waals surface area contributed by atoms with Crippen molar-refractivity contribution in [1.29, 1.82) is 0 Å². The fourth-order valence-electron chi connectivity index (χ4n) is 2.72. The van der Waals surface area contributed by atoms with Crippen LogP contribution in [0, 0.1) is 0 Å². The minimum atomic E-state index is 0.185. The first-order valence-electron chi connectivity index (χ1n) is 7.57. The molecular weight excluding hydrogens is 276 g/mol. The summed E-state index contributed by atoms with van der Waals surface area (Å²) in [6, 6.07) is 4.15. The summed E-state index contributed by atoms with van der Waals surface area (Å²) < 4.78 is 4.08. The molecule has 0 radical (unpaired) electrons. The zero-order valence-electron chi connectivity index (χ0n) is 13.1. The predicted molar refractivity (Wildman–Crippen MR) is 84.3 cm³/mol. The number of hydrogen-bond acceptors (Lipinski definition) is 4. The molecule has 3 heterocycles.